The first-order chi connectivity index (χ1) is 17.8. The van der Waals surface area contributed by atoms with Crippen LogP contribution < -0.4 is 0 Å². The van der Waals surface area contributed by atoms with Crippen LogP contribution in [0.3, 0.4) is 0 Å². The number of halogens is 4. The Bertz CT molecular complexity index is 1500. The third-order valence-electron chi connectivity index (χ3n) is 6.70. The molecule has 198 valence electrons. The predicted octanol–water partition coefficient (Wildman–Crippen LogP) is 8.44. The van der Waals surface area contributed by atoms with Crippen molar-refractivity contribution in [1.82, 2.24) is 9.55 Å². The molecule has 0 aliphatic rings. The minimum absolute atomic E-state index is 0.117. The molecule has 4 nitrogen and oxygen atoms in total. The molecule has 0 fully saturated rings. The Kier molecular flexibility index (Phi) is 7.94. The Hall–Kier alpha value is -2.87. The fraction of sp³-hybridized carbons (Fsp3) is 0.241. The smallest absolute Gasteiger partial charge is 0.313 e. The zero-order valence-electron chi connectivity index (χ0n) is 21.2. The van der Waals surface area contributed by atoms with Crippen molar-refractivity contribution in [1.29, 1.82) is 0 Å². The van der Waals surface area contributed by atoms with Crippen LogP contribution in [0.4, 0.5) is 8.78 Å². The first-order valence-corrected chi connectivity index (χ1v) is 13.5. The molecule has 1 heterocycles. The molecule has 0 aliphatic heterocycles. The number of carboxylic acids is 1. The van der Waals surface area contributed by atoms with Crippen molar-refractivity contribution in [3.8, 4) is 5.69 Å². The molecular formula is C29H26Cl2F2N2O2S. The van der Waals surface area contributed by atoms with E-state index in [9.17, 15) is 18.7 Å². The Labute approximate surface area is 234 Å². The van der Waals surface area contributed by atoms with Crippen LogP contribution in [0.1, 0.15) is 50.1 Å². The van der Waals surface area contributed by atoms with Crippen LogP contribution in [0, 0.1) is 11.6 Å². The lowest BCUT2D eigenvalue weighted by molar-refractivity contribution is -0.142. The van der Waals surface area contributed by atoms with Gasteiger partial charge in [0.05, 0.1) is 27.4 Å². The summed E-state index contributed by atoms with van der Waals surface area (Å²) in [6, 6.07) is 16.1. The number of hydrogen-bond acceptors (Lipinski definition) is 3. The van der Waals surface area contributed by atoms with E-state index in [2.05, 4.69) is 4.98 Å². The fourth-order valence-electron chi connectivity index (χ4n) is 4.15. The Morgan fingerprint density at radius 3 is 2.29 bits per heavy atom. The van der Waals surface area contributed by atoms with E-state index in [1.807, 2.05) is 30.5 Å². The number of benzene rings is 3. The summed E-state index contributed by atoms with van der Waals surface area (Å²) in [4.78, 5) is 16.4. The first kappa shape index (κ1) is 28.1. The van der Waals surface area contributed by atoms with Gasteiger partial charge in [-0.25, -0.2) is 13.8 Å². The number of aliphatic carboxylic acids is 1. The molecule has 4 aromatic rings. The first-order valence-electron chi connectivity index (χ1n) is 11.8. The maximum absolute atomic E-state index is 14.5. The Morgan fingerprint density at radius 1 is 0.974 bits per heavy atom. The summed E-state index contributed by atoms with van der Waals surface area (Å²) in [6.07, 6.45) is 1.78. The number of carbonyl (C=O) groups is 1. The topological polar surface area (TPSA) is 55.1 Å². The van der Waals surface area contributed by atoms with Gasteiger partial charge in [0.2, 0.25) is 0 Å². The molecule has 0 unspecified atom stereocenters. The van der Waals surface area contributed by atoms with Crippen LogP contribution in [0.25, 0.3) is 5.69 Å². The predicted molar refractivity (Wildman–Crippen MR) is 149 cm³/mol. The highest BCUT2D eigenvalue weighted by Gasteiger charge is 2.33. The van der Waals surface area contributed by atoms with Crippen LogP contribution in [-0.2, 0) is 21.4 Å². The minimum Gasteiger partial charge on any atom is -0.481 e. The number of hydrogen-bond donors (Lipinski definition) is 1. The number of carboxylic acid groups (broad SMARTS) is 1. The van der Waals surface area contributed by atoms with Crippen molar-refractivity contribution < 1.29 is 18.7 Å². The zero-order chi connectivity index (χ0) is 27.8. The fourth-order valence-corrected chi connectivity index (χ4v) is 5.39. The van der Waals surface area contributed by atoms with Crippen molar-refractivity contribution >= 4 is 40.9 Å². The van der Waals surface area contributed by atoms with Gasteiger partial charge < -0.3 is 5.11 Å². The number of aromatic nitrogens is 2. The molecule has 1 N–H and O–H groups in total. The van der Waals surface area contributed by atoms with Gasteiger partial charge in [-0.05, 0) is 67.4 Å². The molecule has 38 heavy (non-hydrogen) atoms. The van der Waals surface area contributed by atoms with Crippen LogP contribution >= 0.6 is 35.0 Å². The maximum atomic E-state index is 14.5. The van der Waals surface area contributed by atoms with Crippen LogP contribution in [0.5, 0.6) is 0 Å². The quantitative estimate of drug-likeness (QED) is 0.214. The lowest BCUT2D eigenvalue weighted by atomic mass is 9.81. The van der Waals surface area contributed by atoms with E-state index in [4.69, 9.17) is 23.2 Å². The number of thioether (sulfide) groups is 1. The van der Waals surface area contributed by atoms with Crippen molar-refractivity contribution in [2.75, 3.05) is 0 Å². The van der Waals surface area contributed by atoms with E-state index in [-0.39, 0.29) is 11.4 Å². The summed E-state index contributed by atoms with van der Waals surface area (Å²) in [5.41, 5.74) is 1.42. The maximum Gasteiger partial charge on any atom is 0.313 e. The van der Waals surface area contributed by atoms with Gasteiger partial charge in [0, 0.05) is 22.4 Å². The number of nitrogens with zero attached hydrogens (tertiary/aromatic N) is 2. The third kappa shape index (κ3) is 5.46. The van der Waals surface area contributed by atoms with E-state index in [0.717, 1.165) is 22.5 Å². The van der Waals surface area contributed by atoms with Crippen LogP contribution in [-0.4, -0.2) is 20.6 Å². The molecule has 0 amide bonds. The van der Waals surface area contributed by atoms with Gasteiger partial charge in [-0.2, -0.15) is 0 Å². The van der Waals surface area contributed by atoms with Gasteiger partial charge >= 0.3 is 5.97 Å². The SMILES string of the molecule is CC(C)(C(=O)O)c1cc(CSc2ncc(C(C)(C)c3ccc(Cl)c(Cl)c3)n2-c2ccc(F)cc2)ccc1F. The summed E-state index contributed by atoms with van der Waals surface area (Å²) in [5, 5.41) is 11.1. The lowest BCUT2D eigenvalue weighted by Crippen LogP contribution is -2.29. The zero-order valence-corrected chi connectivity index (χ0v) is 23.6. The normalized spacial score (nSPS) is 12.1. The second kappa shape index (κ2) is 10.7. The second-order valence-electron chi connectivity index (χ2n) is 10.0. The monoisotopic (exact) mass is 574 g/mol. The number of imidazole rings is 1. The van der Waals surface area contributed by atoms with E-state index < -0.39 is 22.6 Å². The summed E-state index contributed by atoms with van der Waals surface area (Å²) in [6.45, 7) is 7.03. The molecule has 0 radical (unpaired) electrons. The molecule has 9 heteroatoms. The molecule has 0 saturated carbocycles. The molecule has 0 atom stereocenters. The van der Waals surface area contributed by atoms with Crippen molar-refractivity contribution in [3.05, 3.63) is 111 Å². The molecular weight excluding hydrogens is 549 g/mol. The van der Waals surface area contributed by atoms with Gasteiger partial charge in [0.25, 0.3) is 0 Å². The minimum atomic E-state index is -1.38. The van der Waals surface area contributed by atoms with Crippen LogP contribution in [0.2, 0.25) is 10.0 Å². The van der Waals surface area contributed by atoms with E-state index in [1.54, 1.807) is 36.5 Å². The van der Waals surface area contributed by atoms with Gasteiger partial charge in [-0.3, -0.25) is 9.36 Å². The highest BCUT2D eigenvalue weighted by molar-refractivity contribution is 7.98. The van der Waals surface area contributed by atoms with E-state index in [0.29, 0.717) is 21.0 Å². The third-order valence-corrected chi connectivity index (χ3v) is 8.47. The molecule has 1 aromatic heterocycles. The van der Waals surface area contributed by atoms with Gasteiger partial charge in [-0.15, -0.1) is 0 Å². The van der Waals surface area contributed by atoms with Gasteiger partial charge in [0.1, 0.15) is 11.6 Å². The summed E-state index contributed by atoms with van der Waals surface area (Å²) in [7, 11) is 0. The van der Waals surface area contributed by atoms with Crippen molar-refractivity contribution in [3.63, 3.8) is 0 Å². The Balaban J connectivity index is 1.75. The molecule has 0 aliphatic carbocycles. The lowest BCUT2D eigenvalue weighted by Gasteiger charge is -2.28. The number of rotatable bonds is 8. The standard InChI is InChI=1S/C29H26Cl2F2N2O2S/c1-28(2,18-6-11-22(30)23(31)14-18)25-15-34-27(35(25)20-9-7-19(32)8-10-20)38-16-17-5-12-24(33)21(13-17)29(3,4)26(36)37/h5-15H,16H2,1-4H3,(H,36,37). The van der Waals surface area contributed by atoms with Crippen LogP contribution in [0.15, 0.2) is 72.0 Å². The Morgan fingerprint density at radius 2 is 1.66 bits per heavy atom. The average Bonchev–Trinajstić information content (AvgIpc) is 3.30. The molecule has 0 saturated heterocycles. The van der Waals surface area contributed by atoms with Gasteiger partial charge in [-0.1, -0.05) is 67.0 Å². The highest BCUT2D eigenvalue weighted by Crippen LogP contribution is 2.39. The summed E-state index contributed by atoms with van der Waals surface area (Å²) >= 11 is 13.9. The van der Waals surface area contributed by atoms with Gasteiger partial charge in [0.15, 0.2) is 5.16 Å². The van der Waals surface area contributed by atoms with Crippen molar-refractivity contribution in [2.45, 2.75) is 49.4 Å². The molecule has 4 rings (SSSR count). The highest BCUT2D eigenvalue weighted by atomic mass is 35.5. The summed E-state index contributed by atoms with van der Waals surface area (Å²) < 4.78 is 30.3. The molecule has 0 bridgehead atoms. The average molecular weight is 576 g/mol. The van der Waals surface area contributed by atoms with Crippen molar-refractivity contribution in [2.24, 2.45) is 0 Å². The molecule has 3 aromatic carbocycles. The largest absolute Gasteiger partial charge is 0.481 e. The summed E-state index contributed by atoms with van der Waals surface area (Å²) in [5.74, 6) is -1.62. The molecule has 0 spiro atoms. The van der Waals surface area contributed by atoms with E-state index >= 15 is 0 Å². The van der Waals surface area contributed by atoms with E-state index in [1.165, 1.54) is 43.8 Å². The second-order valence-corrected chi connectivity index (χ2v) is 11.8.